The molecular weight excluding hydrogens is 280 g/mol. The zero-order valence-electron chi connectivity index (χ0n) is 13.9. The Bertz CT molecular complexity index is 499. The summed E-state index contributed by atoms with van der Waals surface area (Å²) in [6, 6.07) is 5.66. The lowest BCUT2D eigenvalue weighted by Crippen LogP contribution is -2.34. The van der Waals surface area contributed by atoms with Crippen molar-refractivity contribution in [3.63, 3.8) is 0 Å². The molecule has 0 unspecified atom stereocenters. The van der Waals surface area contributed by atoms with Crippen molar-refractivity contribution < 1.29 is 14.3 Å². The molecule has 0 heterocycles. The van der Waals surface area contributed by atoms with E-state index in [1.807, 2.05) is 25.1 Å². The zero-order chi connectivity index (χ0) is 16.4. The van der Waals surface area contributed by atoms with Gasteiger partial charge in [0.2, 0.25) is 0 Å². The first-order chi connectivity index (χ1) is 10.6. The lowest BCUT2D eigenvalue weighted by molar-refractivity contribution is -0.119. The molecule has 0 aromatic heterocycles. The summed E-state index contributed by atoms with van der Waals surface area (Å²) in [4.78, 5) is 11.6. The molecule has 0 saturated heterocycles. The third-order valence-corrected chi connectivity index (χ3v) is 2.78. The van der Waals surface area contributed by atoms with Crippen LogP contribution in [-0.4, -0.2) is 38.2 Å². The Labute approximate surface area is 132 Å². The topological polar surface area (TPSA) is 50.8 Å². The van der Waals surface area contributed by atoms with Crippen molar-refractivity contribution in [3.05, 3.63) is 29.8 Å². The van der Waals surface area contributed by atoms with Crippen LogP contribution in [0.15, 0.2) is 24.3 Å². The number of unbranched alkanes of at least 4 members (excludes halogenated alkanes) is 1. The van der Waals surface area contributed by atoms with Crippen molar-refractivity contribution in [3.8, 4) is 11.5 Å². The van der Waals surface area contributed by atoms with Crippen LogP contribution in [0.25, 0.3) is 6.08 Å². The van der Waals surface area contributed by atoms with Crippen LogP contribution in [-0.2, 0) is 4.79 Å². The minimum atomic E-state index is -0.175. The second-order valence-electron chi connectivity index (χ2n) is 5.05. The molecule has 0 aliphatic rings. The summed E-state index contributed by atoms with van der Waals surface area (Å²) in [5.41, 5.74) is 3.54. The van der Waals surface area contributed by atoms with E-state index in [9.17, 15) is 4.79 Å². The van der Waals surface area contributed by atoms with Crippen molar-refractivity contribution in [1.29, 1.82) is 0 Å². The first-order valence-corrected chi connectivity index (χ1v) is 7.62. The smallest absolute Gasteiger partial charge is 0.258 e. The van der Waals surface area contributed by atoms with Crippen molar-refractivity contribution in [2.75, 3.05) is 27.3 Å². The van der Waals surface area contributed by atoms with Gasteiger partial charge in [-0.2, -0.15) is 0 Å². The van der Waals surface area contributed by atoms with Gasteiger partial charge in [0.05, 0.1) is 13.2 Å². The first-order valence-electron chi connectivity index (χ1n) is 7.62. The monoisotopic (exact) mass is 306 g/mol. The highest BCUT2D eigenvalue weighted by Crippen LogP contribution is 2.29. The van der Waals surface area contributed by atoms with E-state index in [1.165, 1.54) is 6.08 Å². The summed E-state index contributed by atoms with van der Waals surface area (Å²) in [5, 5.41) is 1.60. The number of benzene rings is 1. The maximum atomic E-state index is 11.6. The van der Waals surface area contributed by atoms with E-state index in [4.69, 9.17) is 9.47 Å². The molecule has 0 fully saturated rings. The van der Waals surface area contributed by atoms with Crippen LogP contribution < -0.4 is 14.9 Å². The van der Waals surface area contributed by atoms with Gasteiger partial charge in [-0.05, 0) is 37.1 Å². The van der Waals surface area contributed by atoms with E-state index in [0.29, 0.717) is 19.0 Å². The van der Waals surface area contributed by atoms with Gasteiger partial charge < -0.3 is 9.47 Å². The SMILES string of the molecule is CCCCOc1ccc(/C=C/C(=O)NN(C)C)cc1OCC. The lowest BCUT2D eigenvalue weighted by Gasteiger charge is -2.12. The molecule has 22 heavy (non-hydrogen) atoms. The Balaban J connectivity index is 2.78. The van der Waals surface area contributed by atoms with Crippen LogP contribution in [0, 0.1) is 0 Å². The molecule has 0 aliphatic heterocycles. The largest absolute Gasteiger partial charge is 0.490 e. The Morgan fingerprint density at radius 1 is 1.23 bits per heavy atom. The number of nitrogens with zero attached hydrogens (tertiary/aromatic N) is 1. The number of hydrazine groups is 1. The fraction of sp³-hybridized carbons (Fsp3) is 0.471. The van der Waals surface area contributed by atoms with Gasteiger partial charge in [0.15, 0.2) is 11.5 Å². The number of rotatable bonds is 9. The molecule has 1 rings (SSSR count). The van der Waals surface area contributed by atoms with Crippen molar-refractivity contribution in [2.45, 2.75) is 26.7 Å². The van der Waals surface area contributed by atoms with Gasteiger partial charge in [-0.3, -0.25) is 10.2 Å². The van der Waals surface area contributed by atoms with Gasteiger partial charge in [-0.15, -0.1) is 0 Å². The third kappa shape index (κ3) is 6.63. The summed E-state index contributed by atoms with van der Waals surface area (Å²) < 4.78 is 11.3. The molecule has 1 aromatic rings. The number of carbonyl (C=O) groups excluding carboxylic acids is 1. The van der Waals surface area contributed by atoms with E-state index in [1.54, 1.807) is 25.2 Å². The number of ether oxygens (including phenoxy) is 2. The summed E-state index contributed by atoms with van der Waals surface area (Å²) in [6.45, 7) is 5.30. The number of carbonyl (C=O) groups is 1. The zero-order valence-corrected chi connectivity index (χ0v) is 13.9. The van der Waals surface area contributed by atoms with Gasteiger partial charge in [0.25, 0.3) is 5.91 Å². The molecule has 0 bridgehead atoms. The standard InChI is InChI=1S/C17H26N2O3/c1-5-7-12-22-15-10-8-14(13-16(15)21-6-2)9-11-17(20)18-19(3)4/h8-11,13H,5-7,12H2,1-4H3,(H,18,20)/b11-9+. The Morgan fingerprint density at radius 2 is 2.00 bits per heavy atom. The molecule has 5 heteroatoms. The predicted octanol–water partition coefficient (Wildman–Crippen LogP) is 2.87. The molecule has 1 amide bonds. The first kappa shape index (κ1) is 18.0. The minimum absolute atomic E-state index is 0.175. The summed E-state index contributed by atoms with van der Waals surface area (Å²) in [5.74, 6) is 1.27. The molecule has 0 aliphatic carbocycles. The quantitative estimate of drug-likeness (QED) is 0.433. The average molecular weight is 306 g/mol. The molecule has 0 spiro atoms. The van der Waals surface area contributed by atoms with Gasteiger partial charge in [0, 0.05) is 20.2 Å². The maximum absolute atomic E-state index is 11.6. The molecule has 0 atom stereocenters. The highest BCUT2D eigenvalue weighted by Gasteiger charge is 2.06. The van der Waals surface area contributed by atoms with Crippen LogP contribution in [0.1, 0.15) is 32.3 Å². The molecule has 0 saturated carbocycles. The molecule has 0 radical (unpaired) electrons. The van der Waals surface area contributed by atoms with Gasteiger partial charge in [-0.1, -0.05) is 19.4 Å². The molecular formula is C17H26N2O3. The second kappa shape index (κ2) is 9.84. The fourth-order valence-corrected chi connectivity index (χ4v) is 1.77. The second-order valence-corrected chi connectivity index (χ2v) is 5.05. The van der Waals surface area contributed by atoms with Gasteiger partial charge in [-0.25, -0.2) is 5.01 Å². The van der Waals surface area contributed by atoms with E-state index >= 15 is 0 Å². The number of amides is 1. The van der Waals surface area contributed by atoms with Crippen molar-refractivity contribution in [1.82, 2.24) is 10.4 Å². The number of nitrogens with one attached hydrogen (secondary N) is 1. The number of hydrogen-bond donors (Lipinski definition) is 1. The van der Waals surface area contributed by atoms with E-state index < -0.39 is 0 Å². The normalized spacial score (nSPS) is 11.0. The predicted molar refractivity (Wildman–Crippen MR) is 88.9 cm³/mol. The number of hydrogen-bond acceptors (Lipinski definition) is 4. The van der Waals surface area contributed by atoms with Crippen LogP contribution in [0.3, 0.4) is 0 Å². The summed E-state index contributed by atoms with van der Waals surface area (Å²) in [7, 11) is 3.53. The van der Waals surface area contributed by atoms with Crippen molar-refractivity contribution >= 4 is 12.0 Å². The highest BCUT2D eigenvalue weighted by molar-refractivity contribution is 5.91. The third-order valence-electron chi connectivity index (χ3n) is 2.78. The molecule has 1 aromatic carbocycles. The average Bonchev–Trinajstić information content (AvgIpc) is 2.47. The van der Waals surface area contributed by atoms with Crippen LogP contribution in [0.4, 0.5) is 0 Å². The Kier molecular flexibility index (Phi) is 8.07. The molecule has 122 valence electrons. The highest BCUT2D eigenvalue weighted by atomic mass is 16.5. The lowest BCUT2D eigenvalue weighted by atomic mass is 10.2. The van der Waals surface area contributed by atoms with Gasteiger partial charge in [0.1, 0.15) is 0 Å². The van der Waals surface area contributed by atoms with Crippen LogP contribution >= 0.6 is 0 Å². The summed E-state index contributed by atoms with van der Waals surface area (Å²) in [6.07, 6.45) is 5.34. The Morgan fingerprint density at radius 3 is 2.64 bits per heavy atom. The summed E-state index contributed by atoms with van der Waals surface area (Å²) >= 11 is 0. The van der Waals surface area contributed by atoms with E-state index in [2.05, 4.69) is 12.3 Å². The van der Waals surface area contributed by atoms with Gasteiger partial charge >= 0.3 is 0 Å². The minimum Gasteiger partial charge on any atom is -0.490 e. The fourth-order valence-electron chi connectivity index (χ4n) is 1.77. The maximum Gasteiger partial charge on any atom is 0.258 e. The van der Waals surface area contributed by atoms with Crippen molar-refractivity contribution in [2.24, 2.45) is 0 Å². The van der Waals surface area contributed by atoms with Crippen LogP contribution in [0.2, 0.25) is 0 Å². The molecule has 5 nitrogen and oxygen atoms in total. The van der Waals surface area contributed by atoms with E-state index in [-0.39, 0.29) is 5.91 Å². The Hall–Kier alpha value is -2.01. The molecule has 1 N–H and O–H groups in total. The van der Waals surface area contributed by atoms with Crippen LogP contribution in [0.5, 0.6) is 11.5 Å². The van der Waals surface area contributed by atoms with E-state index in [0.717, 1.165) is 24.2 Å².